The molecule has 17 heavy (non-hydrogen) atoms. The van der Waals surface area contributed by atoms with Gasteiger partial charge >= 0.3 is 5.69 Å². The molecule has 1 unspecified atom stereocenters. The fourth-order valence-electron chi connectivity index (χ4n) is 1.63. The Morgan fingerprint density at radius 2 is 2.12 bits per heavy atom. The number of halogens is 2. The van der Waals surface area contributed by atoms with Crippen LogP contribution in [0.25, 0.3) is 11.2 Å². The van der Waals surface area contributed by atoms with Gasteiger partial charge in [-0.05, 0) is 15.9 Å². The van der Waals surface area contributed by atoms with E-state index < -0.39 is 11.2 Å². The summed E-state index contributed by atoms with van der Waals surface area (Å²) in [5.41, 5.74) is -0.120. The molecule has 2 aromatic rings. The van der Waals surface area contributed by atoms with Crippen LogP contribution in [-0.4, -0.2) is 23.9 Å². The molecule has 1 atom stereocenters. The highest BCUT2D eigenvalue weighted by Gasteiger charge is 2.16. The van der Waals surface area contributed by atoms with Crippen LogP contribution in [0.3, 0.4) is 0 Å². The standard InChI is InChI=1S/C9H10Br2N4O2/c1-4(10)3-15-5-6(12-8(15)11)14(2)9(17)13-7(5)16/h4H,3H2,1-2H3,(H,13,16,17). The van der Waals surface area contributed by atoms with Gasteiger partial charge in [0.15, 0.2) is 15.9 Å². The molecule has 0 fully saturated rings. The van der Waals surface area contributed by atoms with Gasteiger partial charge in [-0.25, -0.2) is 9.78 Å². The molecule has 2 aromatic heterocycles. The zero-order chi connectivity index (χ0) is 12.7. The summed E-state index contributed by atoms with van der Waals surface area (Å²) in [6.07, 6.45) is 0. The van der Waals surface area contributed by atoms with Crippen LogP contribution < -0.4 is 11.2 Å². The van der Waals surface area contributed by atoms with E-state index in [4.69, 9.17) is 0 Å². The lowest BCUT2D eigenvalue weighted by molar-refractivity contribution is 0.698. The molecule has 6 nitrogen and oxygen atoms in total. The van der Waals surface area contributed by atoms with Crippen molar-refractivity contribution in [1.29, 1.82) is 0 Å². The topological polar surface area (TPSA) is 72.7 Å². The lowest BCUT2D eigenvalue weighted by atomic mass is 10.4. The summed E-state index contributed by atoms with van der Waals surface area (Å²) in [5.74, 6) is 0. The number of aromatic nitrogens is 4. The number of aryl methyl sites for hydroxylation is 1. The maximum atomic E-state index is 11.8. The minimum Gasteiger partial charge on any atom is -0.312 e. The molecule has 92 valence electrons. The van der Waals surface area contributed by atoms with E-state index in [9.17, 15) is 9.59 Å². The number of hydrogen-bond acceptors (Lipinski definition) is 3. The number of alkyl halides is 1. The summed E-state index contributed by atoms with van der Waals surface area (Å²) in [4.78, 5) is 29.9. The van der Waals surface area contributed by atoms with E-state index in [0.29, 0.717) is 22.4 Å². The van der Waals surface area contributed by atoms with Gasteiger partial charge in [0.2, 0.25) is 0 Å². The van der Waals surface area contributed by atoms with Gasteiger partial charge in [-0.3, -0.25) is 14.3 Å². The van der Waals surface area contributed by atoms with Crippen molar-refractivity contribution in [2.45, 2.75) is 18.3 Å². The zero-order valence-corrected chi connectivity index (χ0v) is 12.4. The summed E-state index contributed by atoms with van der Waals surface area (Å²) in [6, 6.07) is 0. The van der Waals surface area contributed by atoms with Crippen LogP contribution >= 0.6 is 31.9 Å². The van der Waals surface area contributed by atoms with Crippen LogP contribution in [0.4, 0.5) is 0 Å². The zero-order valence-electron chi connectivity index (χ0n) is 9.20. The summed E-state index contributed by atoms with van der Waals surface area (Å²) in [7, 11) is 1.57. The number of rotatable bonds is 2. The minimum absolute atomic E-state index is 0.188. The van der Waals surface area contributed by atoms with Crippen LogP contribution in [0, 0.1) is 0 Å². The van der Waals surface area contributed by atoms with Gasteiger partial charge in [-0.1, -0.05) is 22.9 Å². The van der Waals surface area contributed by atoms with Crippen molar-refractivity contribution in [3.8, 4) is 0 Å². The molecule has 0 aliphatic heterocycles. The number of hydrogen-bond donors (Lipinski definition) is 1. The Balaban J connectivity index is 2.87. The number of aromatic amines is 1. The van der Waals surface area contributed by atoms with E-state index in [0.717, 1.165) is 0 Å². The number of nitrogens with zero attached hydrogens (tertiary/aromatic N) is 3. The largest absolute Gasteiger partial charge is 0.329 e. The average molecular weight is 366 g/mol. The van der Waals surface area contributed by atoms with E-state index in [-0.39, 0.29) is 4.83 Å². The Bertz CT molecular complexity index is 683. The highest BCUT2D eigenvalue weighted by molar-refractivity contribution is 9.10. The van der Waals surface area contributed by atoms with E-state index in [1.165, 1.54) is 4.57 Å². The summed E-state index contributed by atoms with van der Waals surface area (Å²) >= 11 is 6.72. The molecule has 0 bridgehead atoms. The number of H-pyrrole nitrogens is 1. The smallest absolute Gasteiger partial charge is 0.312 e. The third-order valence-corrected chi connectivity index (χ3v) is 3.29. The van der Waals surface area contributed by atoms with Crippen molar-refractivity contribution in [2.75, 3.05) is 0 Å². The number of nitrogens with one attached hydrogen (secondary N) is 1. The first-order chi connectivity index (χ1) is 7.91. The first kappa shape index (κ1) is 12.6. The SMILES string of the molecule is CC(Br)Cn1c(Br)nc2c1c(=O)[nH]c(=O)n2C. The molecule has 0 radical (unpaired) electrons. The van der Waals surface area contributed by atoms with Gasteiger partial charge in [0, 0.05) is 18.4 Å². The highest BCUT2D eigenvalue weighted by Crippen LogP contribution is 2.17. The molecule has 0 saturated heterocycles. The minimum atomic E-state index is -0.466. The van der Waals surface area contributed by atoms with Gasteiger partial charge in [-0.15, -0.1) is 0 Å². The van der Waals surface area contributed by atoms with Crippen LogP contribution in [0.5, 0.6) is 0 Å². The van der Waals surface area contributed by atoms with Gasteiger partial charge in [-0.2, -0.15) is 0 Å². The second kappa shape index (κ2) is 4.41. The molecule has 0 amide bonds. The van der Waals surface area contributed by atoms with Gasteiger partial charge < -0.3 is 4.57 Å². The second-order valence-electron chi connectivity index (χ2n) is 3.76. The molecule has 2 heterocycles. The second-order valence-corrected chi connectivity index (χ2v) is 6.04. The molecule has 8 heteroatoms. The maximum absolute atomic E-state index is 11.8. The van der Waals surface area contributed by atoms with E-state index in [1.54, 1.807) is 11.6 Å². The predicted molar refractivity (Wildman–Crippen MR) is 71.7 cm³/mol. The quantitative estimate of drug-likeness (QED) is 0.636. The highest BCUT2D eigenvalue weighted by atomic mass is 79.9. The molecular weight excluding hydrogens is 356 g/mol. The third kappa shape index (κ3) is 2.11. The Hall–Kier alpha value is -0.890. The number of fused-ring (bicyclic) bond motifs is 1. The lowest BCUT2D eigenvalue weighted by Gasteiger charge is -2.06. The van der Waals surface area contributed by atoms with Crippen molar-refractivity contribution in [3.63, 3.8) is 0 Å². The Kier molecular flexibility index (Phi) is 3.26. The van der Waals surface area contributed by atoms with Crippen molar-refractivity contribution in [2.24, 2.45) is 7.05 Å². The van der Waals surface area contributed by atoms with Crippen LogP contribution in [0.1, 0.15) is 6.92 Å². The predicted octanol–water partition coefficient (Wildman–Crippen LogP) is 0.969. The van der Waals surface area contributed by atoms with Gasteiger partial charge in [0.05, 0.1) is 0 Å². The molecule has 0 aliphatic rings. The number of imidazole rings is 1. The maximum Gasteiger partial charge on any atom is 0.329 e. The van der Waals surface area contributed by atoms with E-state index in [2.05, 4.69) is 41.8 Å². The van der Waals surface area contributed by atoms with Crippen molar-refractivity contribution >= 4 is 43.0 Å². The molecular formula is C9H10Br2N4O2. The molecule has 0 saturated carbocycles. The summed E-state index contributed by atoms with van der Waals surface area (Å²) in [5, 5.41) is 0. The van der Waals surface area contributed by atoms with Gasteiger partial charge in [0.25, 0.3) is 5.56 Å². The fourth-order valence-corrected chi connectivity index (χ4v) is 2.41. The van der Waals surface area contributed by atoms with Crippen molar-refractivity contribution in [3.05, 3.63) is 25.6 Å². The van der Waals surface area contributed by atoms with E-state index >= 15 is 0 Å². The van der Waals surface area contributed by atoms with Gasteiger partial charge in [0.1, 0.15) is 0 Å². The molecule has 0 spiro atoms. The van der Waals surface area contributed by atoms with Crippen LogP contribution in [0.2, 0.25) is 0 Å². The molecule has 0 aliphatic carbocycles. The van der Waals surface area contributed by atoms with Crippen LogP contribution in [-0.2, 0) is 13.6 Å². The van der Waals surface area contributed by atoms with E-state index in [1.807, 2.05) is 6.92 Å². The summed E-state index contributed by atoms with van der Waals surface area (Å²) in [6.45, 7) is 2.55. The Labute approximate surface area is 113 Å². The first-order valence-corrected chi connectivity index (χ1v) is 6.61. The monoisotopic (exact) mass is 364 g/mol. The third-order valence-electron chi connectivity index (χ3n) is 2.39. The fraction of sp³-hybridized carbons (Fsp3) is 0.444. The molecule has 0 aromatic carbocycles. The van der Waals surface area contributed by atoms with Crippen molar-refractivity contribution < 1.29 is 0 Å². The average Bonchev–Trinajstić information content (AvgIpc) is 2.53. The first-order valence-electron chi connectivity index (χ1n) is 4.91. The Morgan fingerprint density at radius 1 is 1.47 bits per heavy atom. The van der Waals surface area contributed by atoms with Crippen LogP contribution in [0.15, 0.2) is 14.3 Å². The normalized spacial score (nSPS) is 13.2. The molecule has 1 N–H and O–H groups in total. The lowest BCUT2D eigenvalue weighted by Crippen LogP contribution is -2.29. The van der Waals surface area contributed by atoms with Crippen molar-refractivity contribution in [1.82, 2.24) is 19.1 Å². The summed E-state index contributed by atoms with van der Waals surface area (Å²) < 4.78 is 3.58. The Morgan fingerprint density at radius 3 is 2.71 bits per heavy atom. The molecule has 2 rings (SSSR count).